The molecule has 4 N–H and O–H groups in total. The minimum atomic E-state index is -4.69. The molecule has 1 aromatic carbocycles. The quantitative estimate of drug-likeness (QED) is 0.658. The van der Waals surface area contributed by atoms with Crippen LogP contribution in [0.1, 0.15) is 33.1 Å². The molecule has 0 unspecified atom stereocenters. The predicted octanol–water partition coefficient (Wildman–Crippen LogP) is 3.65. The van der Waals surface area contributed by atoms with E-state index in [0.29, 0.717) is 30.3 Å². The molecule has 0 bridgehead atoms. The van der Waals surface area contributed by atoms with Gasteiger partial charge in [0.2, 0.25) is 11.5 Å². The molecule has 29 heavy (non-hydrogen) atoms. The average Bonchev–Trinajstić information content (AvgIpc) is 3.42. The van der Waals surface area contributed by atoms with E-state index in [9.17, 15) is 22.8 Å². The van der Waals surface area contributed by atoms with Gasteiger partial charge in [-0.2, -0.15) is 13.2 Å². The van der Waals surface area contributed by atoms with Crippen molar-refractivity contribution < 1.29 is 32.2 Å². The molecule has 160 valence electrons. The minimum absolute atomic E-state index is 0.212. The first-order valence-electron chi connectivity index (χ1n) is 9.37. The van der Waals surface area contributed by atoms with Crippen LogP contribution < -0.4 is 21.1 Å². The summed E-state index contributed by atoms with van der Waals surface area (Å²) in [7, 11) is 0. The van der Waals surface area contributed by atoms with Gasteiger partial charge >= 0.3 is 12.3 Å². The molecular weight excluding hydrogens is 391 g/mol. The van der Waals surface area contributed by atoms with Gasteiger partial charge in [-0.15, -0.1) is 0 Å². The number of anilines is 2. The van der Waals surface area contributed by atoms with Gasteiger partial charge in [0.05, 0.1) is 12.2 Å². The molecular formula is C19H24F3N3O4. The van der Waals surface area contributed by atoms with Gasteiger partial charge in [-0.3, -0.25) is 10.1 Å². The Morgan fingerprint density at radius 2 is 2.03 bits per heavy atom. The van der Waals surface area contributed by atoms with Crippen LogP contribution in [0.4, 0.5) is 29.3 Å². The maximum atomic E-state index is 12.8. The number of carbonyl (C=O) groups is 2. The lowest BCUT2D eigenvalue weighted by molar-refractivity contribution is -0.242. The zero-order chi connectivity index (χ0) is 21.4. The van der Waals surface area contributed by atoms with Crippen LogP contribution in [-0.2, 0) is 9.53 Å². The number of benzene rings is 1. The smallest absolute Gasteiger partial charge is 0.427 e. The number of rotatable bonds is 6. The van der Waals surface area contributed by atoms with E-state index in [-0.39, 0.29) is 23.6 Å². The second-order valence-electron chi connectivity index (χ2n) is 7.94. The number of amides is 2. The standard InChI is InChI=1S/C19H24F3N3O4/c1-18(2,19(20,21)22)29-17(27)25-11-5-6-15-14(7-11)24-9-12(28-15)8-13(16(23)26)10-3-4-10/h5-7,10,12-13,24H,3-4,8-9H2,1-2H3,(H2,23,26)(H,25,27)/t12-,13-/m0/s1. The molecule has 0 aromatic heterocycles. The molecule has 0 spiro atoms. The summed E-state index contributed by atoms with van der Waals surface area (Å²) < 4.78 is 48.9. The van der Waals surface area contributed by atoms with Crippen molar-refractivity contribution in [3.8, 4) is 5.75 Å². The molecule has 1 fully saturated rings. The lowest BCUT2D eigenvalue weighted by Crippen LogP contribution is -2.44. The number of hydrogen-bond donors (Lipinski definition) is 3. The average molecular weight is 415 g/mol. The Morgan fingerprint density at radius 3 is 2.62 bits per heavy atom. The minimum Gasteiger partial charge on any atom is -0.486 e. The molecule has 1 heterocycles. The molecule has 10 heteroatoms. The van der Waals surface area contributed by atoms with Crippen LogP contribution in [-0.4, -0.2) is 36.4 Å². The largest absolute Gasteiger partial charge is 0.486 e. The molecule has 3 rings (SSSR count). The number of fused-ring (bicyclic) bond motifs is 1. The Balaban J connectivity index is 1.60. The summed E-state index contributed by atoms with van der Waals surface area (Å²) in [5.41, 5.74) is 3.71. The van der Waals surface area contributed by atoms with Crippen molar-refractivity contribution in [3.05, 3.63) is 18.2 Å². The van der Waals surface area contributed by atoms with Crippen LogP contribution in [0.5, 0.6) is 5.75 Å². The van der Waals surface area contributed by atoms with Crippen molar-refractivity contribution in [1.82, 2.24) is 0 Å². The summed E-state index contributed by atoms with van der Waals surface area (Å²) in [4.78, 5) is 23.5. The summed E-state index contributed by atoms with van der Waals surface area (Å²) in [5.74, 6) is 0.323. The van der Waals surface area contributed by atoms with Crippen molar-refractivity contribution >= 4 is 23.4 Å². The molecule has 1 aliphatic heterocycles. The predicted molar refractivity (Wildman–Crippen MR) is 99.6 cm³/mol. The van der Waals surface area contributed by atoms with E-state index in [1.54, 1.807) is 12.1 Å². The van der Waals surface area contributed by atoms with E-state index in [0.717, 1.165) is 26.7 Å². The summed E-state index contributed by atoms with van der Waals surface area (Å²) in [6, 6.07) is 4.63. The zero-order valence-electron chi connectivity index (χ0n) is 16.1. The van der Waals surface area contributed by atoms with Crippen LogP contribution in [0.25, 0.3) is 0 Å². The normalized spacial score (nSPS) is 20.0. The van der Waals surface area contributed by atoms with Crippen molar-refractivity contribution in [3.63, 3.8) is 0 Å². The van der Waals surface area contributed by atoms with Crippen molar-refractivity contribution in [2.75, 3.05) is 17.2 Å². The first-order chi connectivity index (χ1) is 13.5. The van der Waals surface area contributed by atoms with E-state index in [1.165, 1.54) is 6.07 Å². The number of primary amides is 1. The third-order valence-electron chi connectivity index (χ3n) is 5.14. The number of hydrogen-bond acceptors (Lipinski definition) is 5. The monoisotopic (exact) mass is 415 g/mol. The SMILES string of the molecule is CC(C)(OC(=O)Nc1ccc2c(c1)NC[C@H](C[C@H](C(N)=O)C1CC1)O2)C(F)(F)F. The van der Waals surface area contributed by atoms with Crippen LogP contribution in [0.2, 0.25) is 0 Å². The van der Waals surface area contributed by atoms with Crippen LogP contribution >= 0.6 is 0 Å². The highest BCUT2D eigenvalue weighted by molar-refractivity contribution is 5.86. The molecule has 2 aliphatic rings. The molecule has 0 saturated heterocycles. The highest BCUT2D eigenvalue weighted by atomic mass is 19.4. The molecule has 0 radical (unpaired) electrons. The van der Waals surface area contributed by atoms with Gasteiger partial charge in [0.25, 0.3) is 0 Å². The molecule has 2 atom stereocenters. The first-order valence-corrected chi connectivity index (χ1v) is 9.37. The van der Waals surface area contributed by atoms with Gasteiger partial charge in [-0.25, -0.2) is 4.79 Å². The highest BCUT2D eigenvalue weighted by Crippen LogP contribution is 2.41. The maximum absolute atomic E-state index is 12.8. The van der Waals surface area contributed by atoms with Crippen molar-refractivity contribution in [2.45, 2.75) is 51.0 Å². The zero-order valence-corrected chi connectivity index (χ0v) is 16.1. The van der Waals surface area contributed by atoms with Gasteiger partial charge in [-0.05, 0) is 57.2 Å². The Bertz CT molecular complexity index is 793. The lowest BCUT2D eigenvalue weighted by Gasteiger charge is -2.30. The van der Waals surface area contributed by atoms with Crippen LogP contribution in [0, 0.1) is 11.8 Å². The molecule has 1 aliphatic carbocycles. The van der Waals surface area contributed by atoms with E-state index in [4.69, 9.17) is 10.5 Å². The Kier molecular flexibility index (Phi) is 5.55. The van der Waals surface area contributed by atoms with Gasteiger partial charge in [0.1, 0.15) is 11.9 Å². The maximum Gasteiger partial charge on any atom is 0.427 e. The van der Waals surface area contributed by atoms with Gasteiger partial charge in [-0.1, -0.05) is 0 Å². The van der Waals surface area contributed by atoms with E-state index >= 15 is 0 Å². The van der Waals surface area contributed by atoms with E-state index < -0.39 is 17.9 Å². The summed E-state index contributed by atoms with van der Waals surface area (Å²) in [6.45, 7) is 1.99. The fourth-order valence-corrected chi connectivity index (χ4v) is 3.18. The van der Waals surface area contributed by atoms with Crippen LogP contribution in [0.3, 0.4) is 0 Å². The first kappa shape index (κ1) is 21.1. The second-order valence-corrected chi connectivity index (χ2v) is 7.94. The van der Waals surface area contributed by atoms with Crippen LogP contribution in [0.15, 0.2) is 18.2 Å². The fourth-order valence-electron chi connectivity index (χ4n) is 3.18. The number of nitrogens with two attached hydrogens (primary N) is 1. The summed E-state index contributed by atoms with van der Waals surface area (Å²) in [6.07, 6.45) is -3.60. The summed E-state index contributed by atoms with van der Waals surface area (Å²) in [5, 5.41) is 5.44. The topological polar surface area (TPSA) is 103 Å². The number of carbonyl (C=O) groups excluding carboxylic acids is 2. The molecule has 7 nitrogen and oxygen atoms in total. The number of halogens is 3. The number of ether oxygens (including phenoxy) is 2. The fraction of sp³-hybridized carbons (Fsp3) is 0.579. The highest BCUT2D eigenvalue weighted by Gasteiger charge is 2.51. The molecule has 1 aromatic rings. The van der Waals surface area contributed by atoms with Gasteiger partial charge in [0, 0.05) is 11.6 Å². The van der Waals surface area contributed by atoms with Gasteiger partial charge in [0.15, 0.2) is 0 Å². The third kappa shape index (κ3) is 5.04. The Labute approximate surface area is 166 Å². The third-order valence-corrected chi connectivity index (χ3v) is 5.14. The second kappa shape index (κ2) is 7.64. The lowest BCUT2D eigenvalue weighted by atomic mass is 9.95. The number of alkyl halides is 3. The Morgan fingerprint density at radius 1 is 1.34 bits per heavy atom. The molecule has 2 amide bonds. The van der Waals surface area contributed by atoms with E-state index in [2.05, 4.69) is 15.4 Å². The van der Waals surface area contributed by atoms with E-state index in [1.807, 2.05) is 0 Å². The Hall–Kier alpha value is -2.65. The summed E-state index contributed by atoms with van der Waals surface area (Å²) >= 11 is 0. The van der Waals surface area contributed by atoms with Crippen molar-refractivity contribution in [1.29, 1.82) is 0 Å². The van der Waals surface area contributed by atoms with Crippen molar-refractivity contribution in [2.24, 2.45) is 17.6 Å². The number of nitrogens with one attached hydrogen (secondary N) is 2. The van der Waals surface area contributed by atoms with Gasteiger partial charge < -0.3 is 20.5 Å². The molecule has 1 saturated carbocycles.